The second-order valence-corrected chi connectivity index (χ2v) is 4.54. The molecule has 3 aromatic rings. The van der Waals surface area contributed by atoms with Crippen LogP contribution in [-0.2, 0) is 11.3 Å². The number of hydrogen-bond acceptors (Lipinski definition) is 5. The van der Waals surface area contributed by atoms with Crippen molar-refractivity contribution >= 4 is 17.0 Å². The summed E-state index contributed by atoms with van der Waals surface area (Å²) in [7, 11) is 3.25. The maximum Gasteiger partial charge on any atom is 0.335 e. The summed E-state index contributed by atoms with van der Waals surface area (Å²) >= 11 is 0. The van der Waals surface area contributed by atoms with Gasteiger partial charge >= 0.3 is 5.69 Å². The van der Waals surface area contributed by atoms with Gasteiger partial charge in [0.2, 0.25) is 0 Å². The van der Waals surface area contributed by atoms with Gasteiger partial charge in [-0.25, -0.2) is 14.8 Å². The molecule has 7 heteroatoms. The number of methoxy groups -OCH3 is 1. The third kappa shape index (κ3) is 3.80. The van der Waals surface area contributed by atoms with Gasteiger partial charge in [-0.05, 0) is 19.1 Å². The number of nitrogens with zero attached hydrogens (tertiary/aromatic N) is 4. The Labute approximate surface area is 141 Å². The highest BCUT2D eigenvalue weighted by Crippen LogP contribution is 2.19. The molecule has 0 amide bonds. The molecule has 0 saturated heterocycles. The van der Waals surface area contributed by atoms with Gasteiger partial charge in [0.15, 0.2) is 11.5 Å². The molecule has 0 unspecified atom stereocenters. The molecular weight excluding hydrogens is 306 g/mol. The van der Waals surface area contributed by atoms with E-state index in [1.807, 2.05) is 51.1 Å². The smallest absolute Gasteiger partial charge is 0.335 e. The molecule has 2 N–H and O–H groups in total. The molecule has 130 valence electrons. The minimum atomic E-state index is -0.157. The van der Waals surface area contributed by atoms with Gasteiger partial charge < -0.3 is 10.5 Å². The van der Waals surface area contributed by atoms with Crippen molar-refractivity contribution in [1.29, 1.82) is 0 Å². The van der Waals surface area contributed by atoms with Crippen LogP contribution < -0.4 is 11.4 Å². The van der Waals surface area contributed by atoms with Crippen molar-refractivity contribution in [3.63, 3.8) is 0 Å². The Hall–Kier alpha value is -2.67. The summed E-state index contributed by atoms with van der Waals surface area (Å²) in [5.41, 5.74) is 7.62. The van der Waals surface area contributed by atoms with Crippen molar-refractivity contribution in [2.24, 2.45) is 0 Å². The van der Waals surface area contributed by atoms with Gasteiger partial charge in [0.05, 0.1) is 5.69 Å². The largest absolute Gasteiger partial charge is 0.388 e. The first-order valence-electron chi connectivity index (χ1n) is 7.82. The van der Waals surface area contributed by atoms with Crippen LogP contribution in [0.1, 0.15) is 20.8 Å². The van der Waals surface area contributed by atoms with Crippen molar-refractivity contribution in [1.82, 2.24) is 19.1 Å². The highest BCUT2D eigenvalue weighted by Gasteiger charge is 2.17. The molecule has 0 atom stereocenters. The molecular formula is C17H25N5O2. The highest BCUT2D eigenvalue weighted by molar-refractivity contribution is 5.83. The molecule has 0 fully saturated rings. The maximum absolute atomic E-state index is 12.5. The molecule has 0 radical (unpaired) electrons. The van der Waals surface area contributed by atoms with E-state index in [1.54, 1.807) is 23.4 Å². The lowest BCUT2D eigenvalue weighted by Crippen LogP contribution is -2.22. The Balaban J connectivity index is 0.000000521. The van der Waals surface area contributed by atoms with Gasteiger partial charge in [0.1, 0.15) is 11.8 Å². The summed E-state index contributed by atoms with van der Waals surface area (Å²) in [5, 5.41) is 0. The number of aromatic nitrogens is 4. The molecule has 0 aliphatic carbocycles. The number of aryl methyl sites for hydroxylation is 1. The molecule has 2 heterocycles. The van der Waals surface area contributed by atoms with E-state index < -0.39 is 0 Å². The first-order chi connectivity index (χ1) is 11.7. The fourth-order valence-corrected chi connectivity index (χ4v) is 2.20. The number of para-hydroxylation sites is 1. The van der Waals surface area contributed by atoms with E-state index in [9.17, 15) is 4.79 Å². The van der Waals surface area contributed by atoms with E-state index >= 15 is 0 Å². The number of ether oxygens (including phenoxy) is 1. The van der Waals surface area contributed by atoms with Gasteiger partial charge in [-0.2, -0.15) is 0 Å². The molecule has 7 nitrogen and oxygen atoms in total. The molecule has 0 bridgehead atoms. The molecule has 0 aliphatic rings. The molecule has 0 saturated carbocycles. The molecule has 1 aromatic carbocycles. The second-order valence-electron chi connectivity index (χ2n) is 4.54. The molecule has 0 aliphatic heterocycles. The Morgan fingerprint density at radius 2 is 1.71 bits per heavy atom. The zero-order valence-corrected chi connectivity index (χ0v) is 14.9. The van der Waals surface area contributed by atoms with Crippen molar-refractivity contribution < 1.29 is 4.74 Å². The topological polar surface area (TPSA) is 88.0 Å². The van der Waals surface area contributed by atoms with Crippen LogP contribution in [0.2, 0.25) is 0 Å². The summed E-state index contributed by atoms with van der Waals surface area (Å²) in [6.45, 7) is 6.43. The standard InChI is InChI=1S/C13H13N5O.C2H6O.C2H6/c1-2-17-12-10(11(14)15-8-16-12)18(13(17)19)9-6-4-3-5-7-9;1-3-2;1-2/h3-8H,2H2,1H3,(H2,14,15,16);1-2H3;1-2H3. The number of rotatable bonds is 2. The Morgan fingerprint density at radius 3 is 2.25 bits per heavy atom. The van der Waals surface area contributed by atoms with Crippen LogP contribution in [0.4, 0.5) is 5.82 Å². The predicted octanol–water partition coefficient (Wildman–Crippen LogP) is 2.47. The number of imidazole rings is 1. The van der Waals surface area contributed by atoms with Gasteiger partial charge in [0.25, 0.3) is 0 Å². The third-order valence-corrected chi connectivity index (χ3v) is 3.06. The lowest BCUT2D eigenvalue weighted by Gasteiger charge is -2.03. The van der Waals surface area contributed by atoms with E-state index in [1.165, 1.54) is 6.33 Å². The molecule has 3 rings (SSSR count). The van der Waals surface area contributed by atoms with Crippen LogP contribution in [0.5, 0.6) is 0 Å². The average Bonchev–Trinajstić information content (AvgIpc) is 2.91. The van der Waals surface area contributed by atoms with E-state index in [0.29, 0.717) is 23.5 Å². The molecule has 24 heavy (non-hydrogen) atoms. The zero-order chi connectivity index (χ0) is 18.1. The quantitative estimate of drug-likeness (QED) is 0.779. The Bertz CT molecular complexity index is 809. The maximum atomic E-state index is 12.5. The molecule has 2 aromatic heterocycles. The van der Waals surface area contributed by atoms with Crippen molar-refractivity contribution in [2.75, 3.05) is 20.0 Å². The third-order valence-electron chi connectivity index (χ3n) is 3.06. The molecule has 0 spiro atoms. The van der Waals surface area contributed by atoms with Crippen molar-refractivity contribution in [3.8, 4) is 5.69 Å². The minimum absolute atomic E-state index is 0.157. The first kappa shape index (κ1) is 19.4. The van der Waals surface area contributed by atoms with Crippen LogP contribution in [-0.4, -0.2) is 33.3 Å². The highest BCUT2D eigenvalue weighted by atomic mass is 16.4. The Kier molecular flexibility index (Phi) is 7.64. The van der Waals surface area contributed by atoms with E-state index in [4.69, 9.17) is 5.73 Å². The van der Waals surface area contributed by atoms with Crippen LogP contribution in [0, 0.1) is 0 Å². The first-order valence-corrected chi connectivity index (χ1v) is 7.82. The zero-order valence-electron chi connectivity index (χ0n) is 14.9. The number of nitrogens with two attached hydrogens (primary N) is 1. The lowest BCUT2D eigenvalue weighted by atomic mass is 10.3. The summed E-state index contributed by atoms with van der Waals surface area (Å²) in [6, 6.07) is 9.35. The van der Waals surface area contributed by atoms with Crippen molar-refractivity contribution in [3.05, 3.63) is 47.1 Å². The fraction of sp³-hybridized carbons (Fsp3) is 0.353. The van der Waals surface area contributed by atoms with E-state index in [0.717, 1.165) is 5.69 Å². The average molecular weight is 331 g/mol. The second kappa shape index (κ2) is 9.46. The minimum Gasteiger partial charge on any atom is -0.388 e. The summed E-state index contributed by atoms with van der Waals surface area (Å²) < 4.78 is 7.38. The van der Waals surface area contributed by atoms with Crippen LogP contribution in [0.3, 0.4) is 0 Å². The van der Waals surface area contributed by atoms with E-state index in [-0.39, 0.29) is 5.69 Å². The normalized spacial score (nSPS) is 9.71. The predicted molar refractivity (Wildman–Crippen MR) is 97.5 cm³/mol. The summed E-state index contributed by atoms with van der Waals surface area (Å²) in [4.78, 5) is 20.6. The van der Waals surface area contributed by atoms with Crippen molar-refractivity contribution in [2.45, 2.75) is 27.3 Å². The van der Waals surface area contributed by atoms with E-state index in [2.05, 4.69) is 14.7 Å². The van der Waals surface area contributed by atoms with Crippen LogP contribution in [0.15, 0.2) is 41.5 Å². The summed E-state index contributed by atoms with van der Waals surface area (Å²) in [5.74, 6) is 0.304. The number of nitrogen functional groups attached to an aromatic ring is 1. The fourth-order valence-electron chi connectivity index (χ4n) is 2.20. The van der Waals surface area contributed by atoms with Gasteiger partial charge in [-0.1, -0.05) is 32.0 Å². The number of fused-ring (bicyclic) bond motifs is 1. The SMILES string of the molecule is CC.CCn1c(=O)n(-c2ccccc2)c2c(N)ncnc21.COC. The number of benzene rings is 1. The number of hydrogen-bond donors (Lipinski definition) is 1. The monoisotopic (exact) mass is 331 g/mol. The summed E-state index contributed by atoms with van der Waals surface area (Å²) in [6.07, 6.45) is 1.37. The lowest BCUT2D eigenvalue weighted by molar-refractivity contribution is 0.277. The number of anilines is 1. The Morgan fingerprint density at radius 1 is 1.12 bits per heavy atom. The van der Waals surface area contributed by atoms with Crippen LogP contribution >= 0.6 is 0 Å². The van der Waals surface area contributed by atoms with Gasteiger partial charge in [0, 0.05) is 20.8 Å². The van der Waals surface area contributed by atoms with Crippen LogP contribution in [0.25, 0.3) is 16.9 Å². The van der Waals surface area contributed by atoms with Gasteiger partial charge in [-0.3, -0.25) is 9.13 Å². The van der Waals surface area contributed by atoms with Gasteiger partial charge in [-0.15, -0.1) is 0 Å².